The first-order valence-corrected chi connectivity index (χ1v) is 9.37. The molecule has 0 atom stereocenters. The number of nitrogens with zero attached hydrogens (tertiary/aromatic N) is 4. The van der Waals surface area contributed by atoms with Crippen LogP contribution >= 0.6 is 15.9 Å². The van der Waals surface area contributed by atoms with Gasteiger partial charge < -0.3 is 11.1 Å². The molecule has 0 saturated carbocycles. The van der Waals surface area contributed by atoms with Crippen molar-refractivity contribution in [2.75, 3.05) is 11.9 Å². The van der Waals surface area contributed by atoms with Crippen molar-refractivity contribution < 1.29 is 22.6 Å². The van der Waals surface area contributed by atoms with E-state index in [1.54, 1.807) is 0 Å². The van der Waals surface area contributed by atoms with Crippen LogP contribution in [-0.4, -0.2) is 42.2 Å². The van der Waals surface area contributed by atoms with Gasteiger partial charge in [-0.05, 0) is 44.4 Å². The molecule has 2 rings (SSSR count). The molecule has 1 heterocycles. The first kappa shape index (κ1) is 20.7. The molecular formula is C12H14BrFN8O4S. The van der Waals surface area contributed by atoms with Crippen LogP contribution in [0.25, 0.3) is 0 Å². The molecule has 1 aromatic heterocycles. The van der Waals surface area contributed by atoms with Crippen molar-refractivity contribution >= 4 is 49.3 Å². The van der Waals surface area contributed by atoms with Crippen molar-refractivity contribution in [1.29, 1.82) is 0 Å². The molecule has 0 spiro atoms. The Kier molecular flexibility index (Phi) is 6.78. The van der Waals surface area contributed by atoms with E-state index in [1.807, 2.05) is 5.48 Å². The van der Waals surface area contributed by atoms with Gasteiger partial charge in [-0.25, -0.2) is 19.2 Å². The third-order valence-electron chi connectivity index (χ3n) is 2.88. The Morgan fingerprint density at radius 2 is 2.15 bits per heavy atom. The monoisotopic (exact) mass is 464 g/mol. The highest BCUT2D eigenvalue weighted by Gasteiger charge is 2.16. The maximum atomic E-state index is 13.3. The quantitative estimate of drug-likeness (QED) is 0.218. The molecule has 12 nitrogen and oxygen atoms in total. The maximum Gasteiger partial charge on any atom is 0.318 e. The maximum absolute atomic E-state index is 13.3. The molecule has 0 aliphatic carbocycles. The van der Waals surface area contributed by atoms with Gasteiger partial charge in [0.05, 0.1) is 10.2 Å². The van der Waals surface area contributed by atoms with Gasteiger partial charge in [0.2, 0.25) is 5.82 Å². The van der Waals surface area contributed by atoms with Crippen LogP contribution in [0.1, 0.15) is 12.1 Å². The van der Waals surface area contributed by atoms with Crippen molar-refractivity contribution in [1.82, 2.24) is 15.8 Å². The second-order valence-corrected chi connectivity index (χ2v) is 6.97. The van der Waals surface area contributed by atoms with Crippen LogP contribution < -0.4 is 21.7 Å². The minimum absolute atomic E-state index is 0.0138. The van der Waals surface area contributed by atoms with Gasteiger partial charge in [0.1, 0.15) is 11.7 Å². The minimum atomic E-state index is -4.08. The second-order valence-electron chi connectivity index (χ2n) is 4.91. The standard InChI is InChI=1S/C12H14BrFN8O4S/c13-7-5-6(1-2-8(7)14)18-12(19-23)10-11(21-26-20-10)17-4-3-9(15)22-27(16,24)25/h1-2,5,23H,3-4H2,(H2,15,22)(H,17,21)(H,18,19)(H2,16,24,25). The van der Waals surface area contributed by atoms with Gasteiger partial charge in [-0.15, -0.1) is 4.40 Å². The number of amidine groups is 2. The van der Waals surface area contributed by atoms with E-state index >= 15 is 0 Å². The molecule has 0 radical (unpaired) electrons. The normalized spacial score (nSPS) is 12.9. The van der Waals surface area contributed by atoms with E-state index in [0.29, 0.717) is 5.69 Å². The fraction of sp³-hybridized carbons (Fsp3) is 0.167. The van der Waals surface area contributed by atoms with Crippen LogP contribution in [-0.2, 0) is 10.2 Å². The molecule has 0 unspecified atom stereocenters. The van der Waals surface area contributed by atoms with Crippen LogP contribution in [0.15, 0.2) is 36.7 Å². The van der Waals surface area contributed by atoms with Gasteiger partial charge in [-0.2, -0.15) is 8.42 Å². The average Bonchev–Trinajstić information content (AvgIpc) is 3.02. The molecule has 0 bridgehead atoms. The Morgan fingerprint density at radius 1 is 1.41 bits per heavy atom. The summed E-state index contributed by atoms with van der Waals surface area (Å²) in [6.45, 7) is 0.104. The number of rotatable bonds is 7. The van der Waals surface area contributed by atoms with E-state index < -0.39 is 16.0 Å². The highest BCUT2D eigenvalue weighted by molar-refractivity contribution is 9.10. The van der Waals surface area contributed by atoms with E-state index in [1.165, 1.54) is 18.2 Å². The Labute approximate surface area is 160 Å². The van der Waals surface area contributed by atoms with E-state index in [9.17, 15) is 18.0 Å². The van der Waals surface area contributed by atoms with Crippen LogP contribution in [0.4, 0.5) is 15.9 Å². The molecule has 0 fully saturated rings. The third-order valence-corrected chi connectivity index (χ3v) is 3.98. The van der Waals surface area contributed by atoms with Crippen LogP contribution in [0.3, 0.4) is 0 Å². The highest BCUT2D eigenvalue weighted by Crippen LogP contribution is 2.23. The van der Waals surface area contributed by atoms with E-state index in [-0.39, 0.29) is 40.6 Å². The molecule has 1 aromatic carbocycles. The summed E-state index contributed by atoms with van der Waals surface area (Å²) in [6, 6.07) is 3.95. The summed E-state index contributed by atoms with van der Waals surface area (Å²) in [6.07, 6.45) is 0.0205. The van der Waals surface area contributed by atoms with Crippen molar-refractivity contribution in [3.63, 3.8) is 0 Å². The van der Waals surface area contributed by atoms with Gasteiger partial charge in [-0.3, -0.25) is 10.7 Å². The molecule has 2 aromatic rings. The zero-order chi connectivity index (χ0) is 20.0. The number of halogens is 2. The Morgan fingerprint density at radius 3 is 2.78 bits per heavy atom. The van der Waals surface area contributed by atoms with E-state index in [4.69, 9.17) is 10.9 Å². The number of hydrogen-bond donors (Lipinski definition) is 5. The lowest BCUT2D eigenvalue weighted by Gasteiger charge is -2.06. The molecule has 146 valence electrons. The van der Waals surface area contributed by atoms with Gasteiger partial charge in [0.25, 0.3) is 0 Å². The molecule has 7 N–H and O–H groups in total. The predicted molar refractivity (Wildman–Crippen MR) is 97.4 cm³/mol. The van der Waals surface area contributed by atoms with Crippen molar-refractivity contribution in [2.24, 2.45) is 20.3 Å². The third kappa shape index (κ3) is 6.24. The first-order chi connectivity index (χ1) is 12.7. The second kappa shape index (κ2) is 8.85. The number of benzene rings is 1. The number of hydrogen-bond acceptors (Lipinski definition) is 8. The summed E-state index contributed by atoms with van der Waals surface area (Å²) in [5.74, 6) is -0.742. The number of aromatic nitrogens is 2. The lowest BCUT2D eigenvalue weighted by molar-refractivity contribution is 0.234. The lowest BCUT2D eigenvalue weighted by atomic mass is 10.3. The molecule has 27 heavy (non-hydrogen) atoms. The summed E-state index contributed by atoms with van der Waals surface area (Å²) >= 11 is 3.03. The number of nitrogens with one attached hydrogen (secondary N) is 2. The molecule has 0 aliphatic heterocycles. The predicted octanol–water partition coefficient (Wildman–Crippen LogP) is 0.391. The van der Waals surface area contributed by atoms with Crippen molar-refractivity contribution in [3.8, 4) is 0 Å². The molecule has 0 amide bonds. The van der Waals surface area contributed by atoms with Gasteiger partial charge in [0, 0.05) is 13.0 Å². The average molecular weight is 465 g/mol. The van der Waals surface area contributed by atoms with Crippen molar-refractivity contribution in [2.45, 2.75) is 6.42 Å². The van der Waals surface area contributed by atoms with Gasteiger partial charge >= 0.3 is 10.2 Å². The largest absolute Gasteiger partial charge is 0.386 e. The SMILES string of the molecule is N/C(CCNc1nonc1C(=Nc1ccc(F)c(Br)c1)NO)=N/S(N)(=O)=O. The smallest absolute Gasteiger partial charge is 0.318 e. The van der Waals surface area contributed by atoms with Crippen molar-refractivity contribution in [3.05, 3.63) is 34.2 Å². The highest BCUT2D eigenvalue weighted by atomic mass is 79.9. The number of hydroxylamine groups is 1. The van der Waals surface area contributed by atoms with Gasteiger partial charge in [-0.1, -0.05) is 0 Å². The van der Waals surface area contributed by atoms with Gasteiger partial charge in [0.15, 0.2) is 11.5 Å². The molecule has 0 aliphatic rings. The summed E-state index contributed by atoms with van der Waals surface area (Å²) < 4.78 is 42.8. The first-order valence-electron chi connectivity index (χ1n) is 7.07. The lowest BCUT2D eigenvalue weighted by Crippen LogP contribution is -2.24. The Hall–Kier alpha value is -2.62. The molecule has 15 heteroatoms. The number of nitrogens with two attached hydrogens (primary N) is 2. The Bertz CT molecular complexity index is 978. The fourth-order valence-electron chi connectivity index (χ4n) is 1.79. The topological polar surface area (TPSA) is 194 Å². The van der Waals surface area contributed by atoms with Crippen LogP contribution in [0.2, 0.25) is 0 Å². The fourth-order valence-corrected chi connectivity index (χ4v) is 2.58. The number of aliphatic imine (C=N–C) groups is 1. The summed E-state index contributed by atoms with van der Waals surface area (Å²) in [7, 11) is -4.08. The molecular weight excluding hydrogens is 451 g/mol. The van der Waals surface area contributed by atoms with Crippen LogP contribution in [0, 0.1) is 5.82 Å². The molecule has 0 saturated heterocycles. The van der Waals surface area contributed by atoms with E-state index in [2.05, 4.69) is 45.6 Å². The zero-order valence-electron chi connectivity index (χ0n) is 13.4. The zero-order valence-corrected chi connectivity index (χ0v) is 15.8. The summed E-state index contributed by atoms with van der Waals surface area (Å²) in [5.41, 5.74) is 7.60. The van der Waals surface area contributed by atoms with Crippen LogP contribution in [0.5, 0.6) is 0 Å². The Balaban J connectivity index is 2.15. The number of anilines is 1. The summed E-state index contributed by atoms with van der Waals surface area (Å²) in [5, 5.41) is 24.1. The van der Waals surface area contributed by atoms with E-state index in [0.717, 1.165) is 0 Å². The minimum Gasteiger partial charge on any atom is -0.386 e. The summed E-state index contributed by atoms with van der Waals surface area (Å²) in [4.78, 5) is 4.09.